The summed E-state index contributed by atoms with van der Waals surface area (Å²) in [5, 5.41) is 20.0. The zero-order valence-electron chi connectivity index (χ0n) is 15.9. The fourth-order valence-corrected chi connectivity index (χ4v) is 3.41. The Kier molecular flexibility index (Phi) is 10.6. The van der Waals surface area contributed by atoms with Crippen molar-refractivity contribution in [3.63, 3.8) is 0 Å². The minimum absolute atomic E-state index is 0. The molecule has 8 nitrogen and oxygen atoms in total. The molecule has 0 saturated heterocycles. The van der Waals surface area contributed by atoms with E-state index in [0.29, 0.717) is 61.8 Å². The number of aromatic hydroxyl groups is 1. The first kappa shape index (κ1) is 24.5. The summed E-state index contributed by atoms with van der Waals surface area (Å²) in [5.74, 6) is -0.141. The van der Waals surface area contributed by atoms with Gasteiger partial charge < -0.3 is 29.2 Å². The number of aliphatic imine (C=N–C) groups is 1. The Balaban J connectivity index is 0.00000392. The molecule has 158 valence electrons. The molecule has 28 heavy (non-hydrogen) atoms. The fourth-order valence-electron chi connectivity index (χ4n) is 2.21. The van der Waals surface area contributed by atoms with Crippen LogP contribution in [0.15, 0.2) is 23.2 Å². The summed E-state index contributed by atoms with van der Waals surface area (Å²) >= 11 is 1.31. The molecule has 2 N–H and O–H groups in total. The van der Waals surface area contributed by atoms with Crippen molar-refractivity contribution in [3.05, 3.63) is 23.8 Å². The van der Waals surface area contributed by atoms with Crippen molar-refractivity contribution >= 4 is 35.2 Å². The maximum absolute atomic E-state index is 11.3. The summed E-state index contributed by atoms with van der Waals surface area (Å²) in [5.41, 5.74) is -0.659. The topological polar surface area (TPSA) is 107 Å². The van der Waals surface area contributed by atoms with Crippen LogP contribution in [0.1, 0.15) is 12.5 Å². The van der Waals surface area contributed by atoms with E-state index >= 15 is 0 Å². The zero-order valence-corrected chi connectivity index (χ0v) is 17.5. The number of methoxy groups -OCH3 is 1. The van der Waals surface area contributed by atoms with Gasteiger partial charge in [0, 0.05) is 24.5 Å². The van der Waals surface area contributed by atoms with E-state index in [2.05, 4.69) is 4.99 Å². The molecular weight excluding hydrogens is 410 g/mol. The first-order chi connectivity index (χ1) is 13.0. The lowest BCUT2D eigenvalue weighted by atomic mass is 10.1. The molecule has 0 saturated carbocycles. The van der Waals surface area contributed by atoms with Crippen molar-refractivity contribution in [2.24, 2.45) is 4.99 Å². The van der Waals surface area contributed by atoms with Gasteiger partial charge in [0.15, 0.2) is 5.54 Å². The Bertz CT molecular complexity index is 673. The smallest absolute Gasteiger partial charge is 0.332 e. The molecule has 10 heteroatoms. The lowest BCUT2D eigenvalue weighted by molar-refractivity contribution is -0.141. The number of carboxylic acids is 1. The minimum Gasteiger partial charge on any atom is -0.507 e. The van der Waals surface area contributed by atoms with Gasteiger partial charge in [-0.15, -0.1) is 24.2 Å². The van der Waals surface area contributed by atoms with Gasteiger partial charge in [-0.25, -0.2) is 4.79 Å². The molecule has 1 atom stereocenters. The predicted octanol–water partition coefficient (Wildman–Crippen LogP) is 2.21. The van der Waals surface area contributed by atoms with Crippen molar-refractivity contribution in [1.29, 1.82) is 0 Å². The van der Waals surface area contributed by atoms with Gasteiger partial charge in [0.2, 0.25) is 0 Å². The summed E-state index contributed by atoms with van der Waals surface area (Å²) in [6.07, 6.45) is 0. The Morgan fingerprint density at radius 2 is 1.82 bits per heavy atom. The second kappa shape index (κ2) is 12.1. The molecule has 1 aromatic rings. The molecule has 1 aliphatic rings. The number of aliphatic carboxylic acids is 1. The van der Waals surface area contributed by atoms with Crippen LogP contribution in [0.5, 0.6) is 11.5 Å². The second-order valence-corrected chi connectivity index (χ2v) is 6.99. The van der Waals surface area contributed by atoms with E-state index in [9.17, 15) is 15.0 Å². The standard InChI is InChI=1S/C18H25NO7S.ClH/c1-18(17(21)22)12-27-16(19-18)14-4-3-13(11-15(14)20)26-10-9-25-8-7-24-6-5-23-2;/h3-4,11,20H,5-10,12H2,1-2H3,(H,21,22);1H. The third-order valence-corrected chi connectivity index (χ3v) is 5.09. The number of phenols is 1. The summed E-state index contributed by atoms with van der Waals surface area (Å²) in [7, 11) is 1.62. The number of hydrogen-bond donors (Lipinski definition) is 2. The number of thioether (sulfide) groups is 1. The quantitative estimate of drug-likeness (QED) is 0.481. The predicted molar refractivity (Wildman–Crippen MR) is 109 cm³/mol. The molecule has 0 fully saturated rings. The van der Waals surface area contributed by atoms with E-state index < -0.39 is 11.5 Å². The minimum atomic E-state index is -1.16. The molecule has 0 amide bonds. The van der Waals surface area contributed by atoms with Gasteiger partial charge in [-0.3, -0.25) is 4.99 Å². The van der Waals surface area contributed by atoms with Crippen molar-refractivity contribution < 1.29 is 34.0 Å². The number of halogens is 1. The summed E-state index contributed by atoms with van der Waals surface area (Å²) in [4.78, 5) is 15.5. The molecule has 1 heterocycles. The SMILES string of the molecule is COCCOCCOCCOc1ccc(C2=NC(C)(C(=O)O)CS2)c(O)c1.Cl. The summed E-state index contributed by atoms with van der Waals surface area (Å²) in [6, 6.07) is 4.87. The zero-order chi connectivity index (χ0) is 19.7. The van der Waals surface area contributed by atoms with Gasteiger partial charge in [0.25, 0.3) is 0 Å². The number of hydrogen-bond acceptors (Lipinski definition) is 8. The van der Waals surface area contributed by atoms with Gasteiger partial charge in [-0.2, -0.15) is 0 Å². The molecule has 0 aromatic heterocycles. The van der Waals surface area contributed by atoms with Crippen molar-refractivity contribution in [2.75, 3.05) is 52.5 Å². The average molecular weight is 436 g/mol. The molecular formula is C18H26ClNO7S. The molecule has 0 spiro atoms. The summed E-state index contributed by atoms with van der Waals surface area (Å²) in [6.45, 7) is 4.36. The Morgan fingerprint density at radius 3 is 2.39 bits per heavy atom. The highest BCUT2D eigenvalue weighted by atomic mass is 35.5. The molecule has 1 unspecified atom stereocenters. The average Bonchev–Trinajstić information content (AvgIpc) is 3.04. The highest BCUT2D eigenvalue weighted by Crippen LogP contribution is 2.35. The van der Waals surface area contributed by atoms with Gasteiger partial charge in [0.1, 0.15) is 23.1 Å². The lowest BCUT2D eigenvalue weighted by Crippen LogP contribution is -2.33. The number of benzene rings is 1. The van der Waals surface area contributed by atoms with Crippen molar-refractivity contribution in [3.8, 4) is 11.5 Å². The third kappa shape index (κ3) is 7.14. The number of carbonyl (C=O) groups is 1. The highest BCUT2D eigenvalue weighted by molar-refractivity contribution is 8.14. The van der Waals surface area contributed by atoms with Gasteiger partial charge in [-0.1, -0.05) is 0 Å². The maximum atomic E-state index is 11.3. The van der Waals surface area contributed by atoms with Gasteiger partial charge in [-0.05, 0) is 19.1 Å². The van der Waals surface area contributed by atoms with Crippen LogP contribution in [-0.2, 0) is 19.0 Å². The lowest BCUT2D eigenvalue weighted by Gasteiger charge is -2.12. The maximum Gasteiger partial charge on any atom is 0.332 e. The number of ether oxygens (including phenoxy) is 4. The summed E-state index contributed by atoms with van der Waals surface area (Å²) < 4.78 is 21.1. The number of carboxylic acid groups (broad SMARTS) is 1. The third-order valence-electron chi connectivity index (χ3n) is 3.80. The second-order valence-electron chi connectivity index (χ2n) is 6.03. The largest absolute Gasteiger partial charge is 0.507 e. The van der Waals surface area contributed by atoms with Crippen molar-refractivity contribution in [2.45, 2.75) is 12.5 Å². The number of nitrogens with zero attached hydrogens (tertiary/aromatic N) is 1. The fraction of sp³-hybridized carbons (Fsp3) is 0.556. The normalized spacial score (nSPS) is 18.4. The van der Waals surface area contributed by atoms with Crippen LogP contribution in [0.3, 0.4) is 0 Å². The van der Waals surface area contributed by atoms with Crippen LogP contribution in [0.4, 0.5) is 0 Å². The number of phenolic OH excluding ortho intramolecular Hbond substituents is 1. The van der Waals surface area contributed by atoms with E-state index in [1.54, 1.807) is 26.2 Å². The monoisotopic (exact) mass is 435 g/mol. The number of rotatable bonds is 12. The molecule has 0 aliphatic carbocycles. The van der Waals surface area contributed by atoms with E-state index in [-0.39, 0.29) is 18.2 Å². The van der Waals surface area contributed by atoms with Gasteiger partial charge >= 0.3 is 5.97 Å². The van der Waals surface area contributed by atoms with Crippen LogP contribution in [0.25, 0.3) is 0 Å². The van der Waals surface area contributed by atoms with Crippen LogP contribution in [0.2, 0.25) is 0 Å². The van der Waals surface area contributed by atoms with E-state index in [0.717, 1.165) is 0 Å². The molecule has 1 aromatic carbocycles. The van der Waals surface area contributed by atoms with Crippen LogP contribution in [0, 0.1) is 0 Å². The van der Waals surface area contributed by atoms with Crippen LogP contribution >= 0.6 is 24.2 Å². The Morgan fingerprint density at radius 1 is 1.18 bits per heavy atom. The molecule has 2 rings (SSSR count). The molecule has 0 radical (unpaired) electrons. The highest BCUT2D eigenvalue weighted by Gasteiger charge is 2.38. The Hall–Kier alpha value is -1.52. The van der Waals surface area contributed by atoms with Crippen LogP contribution < -0.4 is 4.74 Å². The molecule has 0 bridgehead atoms. The van der Waals surface area contributed by atoms with Crippen LogP contribution in [-0.4, -0.2) is 79.3 Å². The first-order valence-corrected chi connectivity index (χ1v) is 9.51. The van der Waals surface area contributed by atoms with E-state index in [4.69, 9.17) is 18.9 Å². The Labute approximate surface area is 174 Å². The van der Waals surface area contributed by atoms with Crippen molar-refractivity contribution in [1.82, 2.24) is 0 Å². The molecule has 1 aliphatic heterocycles. The van der Waals surface area contributed by atoms with Gasteiger partial charge in [0.05, 0.1) is 33.0 Å². The van der Waals surface area contributed by atoms with E-state index in [1.165, 1.54) is 17.8 Å². The first-order valence-electron chi connectivity index (χ1n) is 8.53. The van der Waals surface area contributed by atoms with E-state index in [1.807, 2.05) is 0 Å².